The van der Waals surface area contributed by atoms with Gasteiger partial charge in [-0.15, -0.1) is 11.3 Å². The standard InChI is InChI=1S/C18H18N2O2S2/c1-4-22-18(21)12(3)24-17-15-14(13-8-6-5-7-9-13)11(2)23-16(15)19-10-20-17/h5-10,12H,4H2,1-3H3/t12-/m1/s1. The Labute approximate surface area is 149 Å². The summed E-state index contributed by atoms with van der Waals surface area (Å²) in [7, 11) is 0. The summed E-state index contributed by atoms with van der Waals surface area (Å²) in [4.78, 5) is 23.0. The lowest BCUT2D eigenvalue weighted by molar-refractivity contribution is -0.142. The van der Waals surface area contributed by atoms with Crippen LogP contribution in [0.4, 0.5) is 0 Å². The second kappa shape index (κ2) is 7.32. The quantitative estimate of drug-likeness (QED) is 0.375. The van der Waals surface area contributed by atoms with E-state index < -0.39 is 0 Å². The highest BCUT2D eigenvalue weighted by Crippen LogP contribution is 2.41. The molecule has 3 rings (SSSR count). The molecule has 0 N–H and O–H groups in total. The van der Waals surface area contributed by atoms with E-state index in [1.165, 1.54) is 16.6 Å². The van der Waals surface area contributed by atoms with E-state index >= 15 is 0 Å². The molecule has 3 aromatic rings. The minimum atomic E-state index is -0.313. The first-order valence-electron chi connectivity index (χ1n) is 7.74. The number of carbonyl (C=O) groups is 1. The van der Waals surface area contributed by atoms with Crippen molar-refractivity contribution in [3.05, 3.63) is 41.5 Å². The van der Waals surface area contributed by atoms with Crippen LogP contribution in [-0.4, -0.2) is 27.8 Å². The number of nitrogens with zero attached hydrogens (tertiary/aromatic N) is 2. The third-order valence-corrected chi connectivity index (χ3v) is 5.69. The van der Waals surface area contributed by atoms with Gasteiger partial charge in [-0.2, -0.15) is 0 Å². The molecule has 0 unspecified atom stereocenters. The van der Waals surface area contributed by atoms with Crippen LogP contribution >= 0.6 is 23.1 Å². The van der Waals surface area contributed by atoms with E-state index in [9.17, 15) is 4.79 Å². The summed E-state index contributed by atoms with van der Waals surface area (Å²) in [6.07, 6.45) is 1.56. The second-order valence-corrected chi connectivity index (χ2v) is 7.80. The van der Waals surface area contributed by atoms with Crippen molar-refractivity contribution < 1.29 is 9.53 Å². The van der Waals surface area contributed by atoms with Crippen molar-refractivity contribution in [2.45, 2.75) is 31.0 Å². The molecule has 1 atom stereocenters. The number of hydrogen-bond donors (Lipinski definition) is 0. The van der Waals surface area contributed by atoms with E-state index in [1.54, 1.807) is 17.7 Å². The third-order valence-electron chi connectivity index (χ3n) is 3.60. The molecular formula is C18H18N2O2S2. The van der Waals surface area contributed by atoms with E-state index in [2.05, 4.69) is 29.0 Å². The maximum Gasteiger partial charge on any atom is 0.319 e. The lowest BCUT2D eigenvalue weighted by Gasteiger charge is -2.11. The molecule has 1 aromatic carbocycles. The van der Waals surface area contributed by atoms with E-state index in [0.717, 1.165) is 26.4 Å². The Morgan fingerprint density at radius 2 is 2.04 bits per heavy atom. The van der Waals surface area contributed by atoms with Crippen LogP contribution in [0.1, 0.15) is 18.7 Å². The smallest absolute Gasteiger partial charge is 0.319 e. The predicted octanol–water partition coefficient (Wildman–Crippen LogP) is 4.71. The molecule has 0 spiro atoms. The topological polar surface area (TPSA) is 52.1 Å². The molecule has 0 radical (unpaired) electrons. The third kappa shape index (κ3) is 3.30. The van der Waals surface area contributed by atoms with Gasteiger partial charge in [0.1, 0.15) is 21.4 Å². The van der Waals surface area contributed by atoms with Crippen molar-refractivity contribution in [3.63, 3.8) is 0 Å². The summed E-state index contributed by atoms with van der Waals surface area (Å²) in [6, 6.07) is 10.2. The van der Waals surface area contributed by atoms with Crippen LogP contribution in [0, 0.1) is 6.92 Å². The van der Waals surface area contributed by atoms with Gasteiger partial charge < -0.3 is 4.74 Å². The first-order valence-corrected chi connectivity index (χ1v) is 9.44. The lowest BCUT2D eigenvalue weighted by atomic mass is 10.0. The average molecular weight is 358 g/mol. The summed E-state index contributed by atoms with van der Waals surface area (Å²) in [5, 5.41) is 1.53. The van der Waals surface area contributed by atoms with Gasteiger partial charge in [-0.3, -0.25) is 4.79 Å². The highest BCUT2D eigenvalue weighted by atomic mass is 32.2. The normalized spacial score (nSPS) is 12.3. The van der Waals surface area contributed by atoms with Crippen LogP contribution in [0.3, 0.4) is 0 Å². The van der Waals surface area contributed by atoms with E-state index in [0.29, 0.717) is 6.61 Å². The molecule has 4 nitrogen and oxygen atoms in total. The number of benzene rings is 1. The van der Waals surface area contributed by atoms with Gasteiger partial charge >= 0.3 is 5.97 Å². The molecule has 0 saturated heterocycles. The van der Waals surface area contributed by atoms with Crippen LogP contribution in [0.15, 0.2) is 41.7 Å². The van der Waals surface area contributed by atoms with Crippen LogP contribution < -0.4 is 0 Å². The molecular weight excluding hydrogens is 340 g/mol. The maximum atomic E-state index is 12.0. The SMILES string of the molecule is CCOC(=O)[C@@H](C)Sc1ncnc2sc(C)c(-c3ccccc3)c12. The van der Waals surface area contributed by atoms with Gasteiger partial charge in [-0.05, 0) is 26.3 Å². The van der Waals surface area contributed by atoms with Gasteiger partial charge in [0.25, 0.3) is 0 Å². The summed E-state index contributed by atoms with van der Waals surface area (Å²) < 4.78 is 5.11. The highest BCUT2D eigenvalue weighted by molar-refractivity contribution is 8.00. The number of ether oxygens (including phenoxy) is 1. The van der Waals surface area contributed by atoms with Gasteiger partial charge in [0.15, 0.2) is 0 Å². The molecule has 24 heavy (non-hydrogen) atoms. The van der Waals surface area contributed by atoms with Gasteiger partial charge in [0.2, 0.25) is 0 Å². The number of esters is 1. The second-order valence-electron chi connectivity index (χ2n) is 5.27. The first kappa shape index (κ1) is 16.9. The molecule has 0 aliphatic rings. The Hall–Kier alpha value is -1.92. The van der Waals surface area contributed by atoms with Crippen molar-refractivity contribution >= 4 is 39.3 Å². The minimum absolute atomic E-state index is 0.220. The number of aryl methyl sites for hydroxylation is 1. The molecule has 0 aliphatic heterocycles. The number of aromatic nitrogens is 2. The van der Waals surface area contributed by atoms with Crippen molar-refractivity contribution in [2.75, 3.05) is 6.61 Å². The molecule has 124 valence electrons. The molecule has 0 bridgehead atoms. The zero-order chi connectivity index (χ0) is 17.1. The van der Waals surface area contributed by atoms with E-state index in [-0.39, 0.29) is 11.2 Å². The Morgan fingerprint density at radius 1 is 1.29 bits per heavy atom. The fourth-order valence-corrected chi connectivity index (χ4v) is 4.54. The number of hydrogen-bond acceptors (Lipinski definition) is 6. The fraction of sp³-hybridized carbons (Fsp3) is 0.278. The van der Waals surface area contributed by atoms with Gasteiger partial charge in [0, 0.05) is 10.4 Å². The van der Waals surface area contributed by atoms with Crippen LogP contribution in [0.5, 0.6) is 0 Å². The first-order chi connectivity index (χ1) is 11.6. The molecule has 2 heterocycles. The zero-order valence-corrected chi connectivity index (χ0v) is 15.4. The van der Waals surface area contributed by atoms with Crippen molar-refractivity contribution in [3.8, 4) is 11.1 Å². The van der Waals surface area contributed by atoms with Crippen molar-refractivity contribution in [1.29, 1.82) is 0 Å². The number of fused-ring (bicyclic) bond motifs is 1. The summed E-state index contributed by atoms with van der Waals surface area (Å²) >= 11 is 3.08. The van der Waals surface area contributed by atoms with Crippen LogP contribution in [0.2, 0.25) is 0 Å². The zero-order valence-electron chi connectivity index (χ0n) is 13.8. The Morgan fingerprint density at radius 3 is 2.75 bits per heavy atom. The summed E-state index contributed by atoms with van der Waals surface area (Å²) in [5.41, 5.74) is 2.29. The molecule has 0 fully saturated rings. The van der Waals surface area contributed by atoms with Crippen molar-refractivity contribution in [2.24, 2.45) is 0 Å². The van der Waals surface area contributed by atoms with Crippen molar-refractivity contribution in [1.82, 2.24) is 9.97 Å². The fourth-order valence-electron chi connectivity index (χ4n) is 2.53. The number of thiophene rings is 1. The molecule has 2 aromatic heterocycles. The summed E-state index contributed by atoms with van der Waals surface area (Å²) in [6.45, 7) is 6.14. The van der Waals surface area contributed by atoms with E-state index in [4.69, 9.17) is 4.74 Å². The maximum absolute atomic E-state index is 12.0. The monoisotopic (exact) mass is 358 g/mol. The Balaban J connectivity index is 2.08. The van der Waals surface area contributed by atoms with Gasteiger partial charge in [-0.1, -0.05) is 42.1 Å². The Bertz CT molecular complexity index is 862. The number of carbonyl (C=O) groups excluding carboxylic acids is 1. The lowest BCUT2D eigenvalue weighted by Crippen LogP contribution is -2.16. The number of rotatable bonds is 5. The highest BCUT2D eigenvalue weighted by Gasteiger charge is 2.21. The summed E-state index contributed by atoms with van der Waals surface area (Å²) in [5.74, 6) is -0.220. The molecule has 6 heteroatoms. The minimum Gasteiger partial charge on any atom is -0.465 e. The van der Waals surface area contributed by atoms with Gasteiger partial charge in [-0.25, -0.2) is 9.97 Å². The largest absolute Gasteiger partial charge is 0.465 e. The van der Waals surface area contributed by atoms with Crippen LogP contribution in [-0.2, 0) is 9.53 Å². The van der Waals surface area contributed by atoms with Gasteiger partial charge in [0.05, 0.1) is 12.0 Å². The van der Waals surface area contributed by atoms with E-state index in [1.807, 2.05) is 32.0 Å². The average Bonchev–Trinajstić information content (AvgIpc) is 2.92. The van der Waals surface area contributed by atoms with Crippen LogP contribution in [0.25, 0.3) is 21.3 Å². The predicted molar refractivity (Wildman–Crippen MR) is 99.5 cm³/mol. The Kier molecular flexibility index (Phi) is 5.16. The number of thioether (sulfide) groups is 1. The molecule has 0 aliphatic carbocycles. The molecule has 0 amide bonds. The molecule has 0 saturated carbocycles.